The quantitative estimate of drug-likeness (QED) is 0.667. The molecule has 0 bridgehead atoms. The molecule has 6 heteroatoms. The Kier molecular flexibility index (Phi) is 5.65. The lowest BCUT2D eigenvalue weighted by atomic mass is 10.1. The smallest absolute Gasteiger partial charge is 0.252 e. The maximum atomic E-state index is 12.7. The molecule has 3 rings (SSSR count). The van der Waals surface area contributed by atoms with Gasteiger partial charge in [-0.1, -0.05) is 35.1 Å². The number of rotatable bonds is 5. The second kappa shape index (κ2) is 7.96. The van der Waals surface area contributed by atoms with E-state index in [2.05, 4.69) is 11.9 Å². The summed E-state index contributed by atoms with van der Waals surface area (Å²) < 4.78 is 14.0. The van der Waals surface area contributed by atoms with Gasteiger partial charge < -0.3 is 14.0 Å². The van der Waals surface area contributed by atoms with E-state index in [1.165, 1.54) is 11.3 Å². The summed E-state index contributed by atoms with van der Waals surface area (Å²) in [7, 11) is 3.27. The van der Waals surface area contributed by atoms with Crippen molar-refractivity contribution in [3.05, 3.63) is 51.8 Å². The molecule has 0 atom stereocenters. The largest absolute Gasteiger partial charge is 0.496 e. The molecule has 3 aromatic rings. The van der Waals surface area contributed by atoms with Gasteiger partial charge in [-0.25, -0.2) is 0 Å². The van der Waals surface area contributed by atoms with Gasteiger partial charge in [0, 0.05) is 12.1 Å². The molecule has 0 N–H and O–H groups in total. The predicted molar refractivity (Wildman–Crippen MR) is 109 cm³/mol. The summed E-state index contributed by atoms with van der Waals surface area (Å²) in [5, 5.41) is 0. The predicted octanol–water partition coefficient (Wildman–Crippen LogP) is 4.03. The fourth-order valence-electron chi connectivity index (χ4n) is 3.18. The van der Waals surface area contributed by atoms with Gasteiger partial charge in [-0.2, -0.15) is 4.99 Å². The zero-order valence-corrected chi connectivity index (χ0v) is 17.1. The van der Waals surface area contributed by atoms with E-state index in [1.54, 1.807) is 14.2 Å². The molecule has 142 valence electrons. The van der Waals surface area contributed by atoms with Crippen molar-refractivity contribution in [1.82, 2.24) is 4.57 Å². The van der Waals surface area contributed by atoms with Crippen molar-refractivity contribution < 1.29 is 14.3 Å². The number of nitrogens with zero attached hydrogens (tertiary/aromatic N) is 2. The summed E-state index contributed by atoms with van der Waals surface area (Å²) >= 11 is 1.52. The summed E-state index contributed by atoms with van der Waals surface area (Å²) in [5.41, 5.74) is 4.07. The Hall–Kier alpha value is -2.60. The molecule has 0 aliphatic carbocycles. The fourth-order valence-corrected chi connectivity index (χ4v) is 4.37. The monoisotopic (exact) mass is 384 g/mol. The minimum absolute atomic E-state index is 0.190. The summed E-state index contributed by atoms with van der Waals surface area (Å²) in [4.78, 5) is 17.8. The van der Waals surface area contributed by atoms with E-state index in [4.69, 9.17) is 9.47 Å². The molecule has 0 aliphatic rings. The van der Waals surface area contributed by atoms with Crippen LogP contribution in [0.2, 0.25) is 0 Å². The van der Waals surface area contributed by atoms with Gasteiger partial charge in [0.15, 0.2) is 4.80 Å². The SMILES string of the molecule is CCn1c(=NC(=O)Cc2cc(C)ccc2OC)sc2c(C)ccc(OC)c21. The molecular weight excluding hydrogens is 360 g/mol. The lowest BCUT2D eigenvalue weighted by Crippen LogP contribution is -2.17. The van der Waals surface area contributed by atoms with Crippen molar-refractivity contribution >= 4 is 27.5 Å². The topological polar surface area (TPSA) is 52.8 Å². The van der Waals surface area contributed by atoms with Crippen molar-refractivity contribution in [2.75, 3.05) is 14.2 Å². The molecule has 5 nitrogen and oxygen atoms in total. The van der Waals surface area contributed by atoms with Crippen LogP contribution in [-0.2, 0) is 17.8 Å². The maximum Gasteiger partial charge on any atom is 0.252 e. The number of fused-ring (bicyclic) bond motifs is 1. The van der Waals surface area contributed by atoms with Crippen LogP contribution in [0, 0.1) is 13.8 Å². The molecule has 0 unspecified atom stereocenters. The first-order chi connectivity index (χ1) is 13.0. The Morgan fingerprint density at radius 2 is 1.81 bits per heavy atom. The summed E-state index contributed by atoms with van der Waals surface area (Å²) in [6.07, 6.45) is 0.207. The number of amides is 1. The average Bonchev–Trinajstić information content (AvgIpc) is 3.01. The lowest BCUT2D eigenvalue weighted by Gasteiger charge is -2.08. The van der Waals surface area contributed by atoms with Crippen molar-refractivity contribution in [2.45, 2.75) is 33.7 Å². The highest BCUT2D eigenvalue weighted by Crippen LogP contribution is 2.30. The number of ether oxygens (including phenoxy) is 2. The second-order valence-electron chi connectivity index (χ2n) is 6.39. The molecule has 1 aromatic heterocycles. The average molecular weight is 385 g/mol. The van der Waals surface area contributed by atoms with Crippen LogP contribution in [0.1, 0.15) is 23.6 Å². The third-order valence-corrected chi connectivity index (χ3v) is 5.73. The zero-order chi connectivity index (χ0) is 19.6. The van der Waals surface area contributed by atoms with Crippen LogP contribution in [0.5, 0.6) is 11.5 Å². The first-order valence-corrected chi connectivity index (χ1v) is 9.68. The molecule has 0 spiro atoms. The molecule has 0 radical (unpaired) electrons. The molecule has 2 aromatic carbocycles. The Morgan fingerprint density at radius 1 is 1.11 bits per heavy atom. The number of benzene rings is 2. The Morgan fingerprint density at radius 3 is 2.48 bits per heavy atom. The summed E-state index contributed by atoms with van der Waals surface area (Å²) in [6, 6.07) is 9.81. The Balaban J connectivity index is 2.07. The van der Waals surface area contributed by atoms with Crippen LogP contribution >= 0.6 is 11.3 Å². The van der Waals surface area contributed by atoms with Gasteiger partial charge in [-0.3, -0.25) is 4.79 Å². The van der Waals surface area contributed by atoms with Gasteiger partial charge >= 0.3 is 0 Å². The van der Waals surface area contributed by atoms with Crippen LogP contribution in [0.3, 0.4) is 0 Å². The highest BCUT2D eigenvalue weighted by atomic mass is 32.1. The number of aromatic nitrogens is 1. The first-order valence-electron chi connectivity index (χ1n) is 8.86. The van der Waals surface area contributed by atoms with Gasteiger partial charge in [0.2, 0.25) is 0 Å². The molecule has 1 amide bonds. The summed E-state index contributed by atoms with van der Waals surface area (Å²) in [5.74, 6) is 1.31. The first kappa shape index (κ1) is 19.2. The van der Waals surface area contributed by atoms with Crippen molar-refractivity contribution in [2.24, 2.45) is 4.99 Å². The Labute approximate surface area is 162 Å². The number of methoxy groups -OCH3 is 2. The van der Waals surface area contributed by atoms with Crippen LogP contribution in [0.4, 0.5) is 0 Å². The Bertz CT molecular complexity index is 1060. The zero-order valence-electron chi connectivity index (χ0n) is 16.3. The van der Waals surface area contributed by atoms with Crippen LogP contribution in [0.25, 0.3) is 10.2 Å². The van der Waals surface area contributed by atoms with Gasteiger partial charge in [0.25, 0.3) is 5.91 Å². The van der Waals surface area contributed by atoms with Crippen LogP contribution in [-0.4, -0.2) is 24.7 Å². The second-order valence-corrected chi connectivity index (χ2v) is 7.37. The van der Waals surface area contributed by atoms with E-state index in [0.29, 0.717) is 17.1 Å². The molecule has 0 saturated heterocycles. The molecule has 0 saturated carbocycles. The van der Waals surface area contributed by atoms with Crippen LogP contribution < -0.4 is 14.3 Å². The highest BCUT2D eigenvalue weighted by Gasteiger charge is 2.14. The minimum atomic E-state index is -0.190. The molecule has 1 heterocycles. The number of carbonyl (C=O) groups is 1. The normalized spacial score (nSPS) is 11.8. The van der Waals surface area contributed by atoms with E-state index in [9.17, 15) is 4.79 Å². The van der Waals surface area contributed by atoms with E-state index in [-0.39, 0.29) is 12.3 Å². The lowest BCUT2D eigenvalue weighted by molar-refractivity contribution is -0.117. The van der Waals surface area contributed by atoms with E-state index < -0.39 is 0 Å². The van der Waals surface area contributed by atoms with E-state index >= 15 is 0 Å². The van der Waals surface area contributed by atoms with Gasteiger partial charge in [0.1, 0.15) is 17.0 Å². The number of thiazole rings is 1. The van der Waals surface area contributed by atoms with Crippen molar-refractivity contribution in [1.29, 1.82) is 0 Å². The minimum Gasteiger partial charge on any atom is -0.496 e. The van der Waals surface area contributed by atoms with Gasteiger partial charge in [-0.15, -0.1) is 0 Å². The number of hydrogen-bond acceptors (Lipinski definition) is 4. The van der Waals surface area contributed by atoms with Gasteiger partial charge in [-0.05, 0) is 38.5 Å². The highest BCUT2D eigenvalue weighted by molar-refractivity contribution is 7.16. The molecular formula is C21H24N2O3S. The van der Waals surface area contributed by atoms with Gasteiger partial charge in [0.05, 0.1) is 25.3 Å². The summed E-state index contributed by atoms with van der Waals surface area (Å²) in [6.45, 7) is 6.80. The standard InChI is InChI=1S/C21H24N2O3S/c1-6-23-19-17(26-5)10-8-14(3)20(19)27-21(23)22-18(24)12-15-11-13(2)7-9-16(15)25-4/h7-11H,6,12H2,1-5H3. The maximum absolute atomic E-state index is 12.7. The number of carbonyl (C=O) groups excluding carboxylic acids is 1. The third-order valence-electron chi connectivity index (χ3n) is 4.52. The molecule has 0 fully saturated rings. The van der Waals surface area contributed by atoms with Crippen molar-refractivity contribution in [3.8, 4) is 11.5 Å². The molecule has 0 aliphatic heterocycles. The van der Waals surface area contributed by atoms with Crippen LogP contribution in [0.15, 0.2) is 35.3 Å². The van der Waals surface area contributed by atoms with Crippen molar-refractivity contribution in [3.63, 3.8) is 0 Å². The van der Waals surface area contributed by atoms with E-state index in [1.807, 2.05) is 48.7 Å². The van der Waals surface area contributed by atoms with E-state index in [0.717, 1.165) is 32.7 Å². The molecule has 27 heavy (non-hydrogen) atoms. The third kappa shape index (κ3) is 3.76. The number of hydrogen-bond donors (Lipinski definition) is 0. The number of aryl methyl sites for hydroxylation is 3. The fraction of sp³-hybridized carbons (Fsp3) is 0.333.